The van der Waals surface area contributed by atoms with Crippen LogP contribution in [0.4, 0.5) is 0 Å². The summed E-state index contributed by atoms with van der Waals surface area (Å²) >= 11 is 0. The molecule has 0 aromatic carbocycles. The molecule has 1 aliphatic heterocycles. The predicted octanol–water partition coefficient (Wildman–Crippen LogP) is 0.799. The summed E-state index contributed by atoms with van der Waals surface area (Å²) in [4.78, 5) is 11.7. The molecule has 1 heterocycles. The van der Waals surface area contributed by atoms with E-state index in [9.17, 15) is 4.79 Å². The highest BCUT2D eigenvalue weighted by Crippen LogP contribution is 2.34. The Bertz CT molecular complexity index is 245. The van der Waals surface area contributed by atoms with Crippen molar-refractivity contribution in [1.82, 2.24) is 5.32 Å². The molecule has 1 amide bonds. The first-order chi connectivity index (χ1) is 7.81. The average molecular weight is 226 g/mol. The van der Waals surface area contributed by atoms with E-state index >= 15 is 0 Å². The second kappa shape index (κ2) is 5.64. The van der Waals surface area contributed by atoms with Crippen molar-refractivity contribution in [3.8, 4) is 0 Å². The van der Waals surface area contributed by atoms with Crippen LogP contribution in [0.15, 0.2) is 0 Å². The molecule has 16 heavy (non-hydrogen) atoms. The maximum absolute atomic E-state index is 11.7. The van der Waals surface area contributed by atoms with Crippen LogP contribution in [-0.4, -0.2) is 31.2 Å². The van der Waals surface area contributed by atoms with Crippen molar-refractivity contribution in [2.75, 3.05) is 13.2 Å². The number of amides is 1. The minimum atomic E-state index is 0.156. The third-order valence-corrected chi connectivity index (χ3v) is 3.74. The number of fused-ring (bicyclic) bond motifs is 1. The smallest absolute Gasteiger partial charge is 0.220 e. The van der Waals surface area contributed by atoms with Gasteiger partial charge in [-0.2, -0.15) is 0 Å². The van der Waals surface area contributed by atoms with E-state index in [1.807, 2.05) is 0 Å². The summed E-state index contributed by atoms with van der Waals surface area (Å²) in [5.41, 5.74) is 5.40. The van der Waals surface area contributed by atoms with E-state index in [0.717, 1.165) is 25.9 Å². The lowest BCUT2D eigenvalue weighted by Crippen LogP contribution is -2.45. The fourth-order valence-corrected chi connectivity index (χ4v) is 2.90. The molecule has 2 fully saturated rings. The van der Waals surface area contributed by atoms with Gasteiger partial charge in [-0.1, -0.05) is 0 Å². The van der Waals surface area contributed by atoms with Gasteiger partial charge in [-0.05, 0) is 38.6 Å². The number of ether oxygens (including phenoxy) is 1. The lowest BCUT2D eigenvalue weighted by molar-refractivity contribution is -0.122. The van der Waals surface area contributed by atoms with E-state index in [1.54, 1.807) is 0 Å². The van der Waals surface area contributed by atoms with Gasteiger partial charge in [-0.25, -0.2) is 0 Å². The molecule has 1 aliphatic carbocycles. The molecule has 1 saturated carbocycles. The van der Waals surface area contributed by atoms with Crippen LogP contribution >= 0.6 is 0 Å². The third kappa shape index (κ3) is 2.74. The molecular formula is C12H22N2O2. The third-order valence-electron chi connectivity index (χ3n) is 3.74. The van der Waals surface area contributed by atoms with Crippen LogP contribution in [0.2, 0.25) is 0 Å². The Labute approximate surface area is 96.9 Å². The van der Waals surface area contributed by atoms with Crippen LogP contribution < -0.4 is 11.1 Å². The van der Waals surface area contributed by atoms with Gasteiger partial charge in [-0.3, -0.25) is 4.79 Å². The van der Waals surface area contributed by atoms with Crippen LogP contribution in [0.25, 0.3) is 0 Å². The van der Waals surface area contributed by atoms with E-state index in [1.165, 1.54) is 12.8 Å². The molecular weight excluding hydrogens is 204 g/mol. The molecule has 0 spiro atoms. The first kappa shape index (κ1) is 11.9. The molecule has 92 valence electrons. The summed E-state index contributed by atoms with van der Waals surface area (Å²) in [7, 11) is 0. The number of nitrogens with one attached hydrogen (secondary N) is 1. The molecule has 0 radical (unpaired) electrons. The molecule has 0 bridgehead atoms. The van der Waals surface area contributed by atoms with E-state index in [0.29, 0.717) is 31.0 Å². The zero-order chi connectivity index (χ0) is 11.4. The molecule has 3 atom stereocenters. The van der Waals surface area contributed by atoms with Gasteiger partial charge in [0, 0.05) is 25.0 Å². The standard InChI is InChI=1S/C12H22N2O2/c13-7-2-5-12(15)14-10-3-1-4-11-9(10)6-8-16-11/h9-11H,1-8,13H2,(H,14,15). The molecule has 0 aromatic heterocycles. The zero-order valence-corrected chi connectivity index (χ0v) is 9.78. The van der Waals surface area contributed by atoms with Gasteiger partial charge in [0.15, 0.2) is 0 Å². The number of rotatable bonds is 4. The van der Waals surface area contributed by atoms with E-state index in [-0.39, 0.29) is 5.91 Å². The Morgan fingerprint density at radius 3 is 3.06 bits per heavy atom. The van der Waals surface area contributed by atoms with Crippen molar-refractivity contribution in [3.05, 3.63) is 0 Å². The first-order valence-corrected chi connectivity index (χ1v) is 6.42. The van der Waals surface area contributed by atoms with Crippen LogP contribution in [0.5, 0.6) is 0 Å². The SMILES string of the molecule is NCCCC(=O)NC1CCCC2OCCC12. The Kier molecular flexibility index (Phi) is 4.18. The Morgan fingerprint density at radius 1 is 1.38 bits per heavy atom. The monoisotopic (exact) mass is 226 g/mol. The maximum Gasteiger partial charge on any atom is 0.220 e. The molecule has 2 aliphatic rings. The lowest BCUT2D eigenvalue weighted by atomic mass is 9.82. The van der Waals surface area contributed by atoms with Crippen LogP contribution in [-0.2, 0) is 9.53 Å². The second-order valence-corrected chi connectivity index (χ2v) is 4.86. The van der Waals surface area contributed by atoms with Crippen molar-refractivity contribution >= 4 is 5.91 Å². The molecule has 3 unspecified atom stereocenters. The normalized spacial score (nSPS) is 33.4. The van der Waals surface area contributed by atoms with Gasteiger partial charge in [0.2, 0.25) is 5.91 Å². The molecule has 1 saturated heterocycles. The zero-order valence-electron chi connectivity index (χ0n) is 9.78. The summed E-state index contributed by atoms with van der Waals surface area (Å²) < 4.78 is 5.68. The maximum atomic E-state index is 11.7. The van der Waals surface area contributed by atoms with E-state index < -0.39 is 0 Å². The Hall–Kier alpha value is -0.610. The Balaban J connectivity index is 1.81. The summed E-state index contributed by atoms with van der Waals surface area (Å²) in [5.74, 6) is 0.707. The second-order valence-electron chi connectivity index (χ2n) is 4.86. The fourth-order valence-electron chi connectivity index (χ4n) is 2.90. The van der Waals surface area contributed by atoms with Crippen molar-refractivity contribution in [1.29, 1.82) is 0 Å². The van der Waals surface area contributed by atoms with Crippen molar-refractivity contribution in [2.45, 2.75) is 50.7 Å². The quantitative estimate of drug-likeness (QED) is 0.745. The minimum absolute atomic E-state index is 0.156. The first-order valence-electron chi connectivity index (χ1n) is 6.42. The van der Waals surface area contributed by atoms with Gasteiger partial charge >= 0.3 is 0 Å². The fraction of sp³-hybridized carbons (Fsp3) is 0.917. The lowest BCUT2D eigenvalue weighted by Gasteiger charge is -2.33. The summed E-state index contributed by atoms with van der Waals surface area (Å²) in [6, 6.07) is 0.339. The number of hydrogen-bond donors (Lipinski definition) is 2. The molecule has 4 nitrogen and oxygen atoms in total. The minimum Gasteiger partial charge on any atom is -0.378 e. The van der Waals surface area contributed by atoms with Gasteiger partial charge in [0.1, 0.15) is 0 Å². The number of carbonyl (C=O) groups is 1. The van der Waals surface area contributed by atoms with Gasteiger partial charge < -0.3 is 15.8 Å². The highest BCUT2D eigenvalue weighted by molar-refractivity contribution is 5.76. The summed E-state index contributed by atoms with van der Waals surface area (Å²) in [6.07, 6.45) is 6.29. The van der Waals surface area contributed by atoms with Crippen LogP contribution in [0.3, 0.4) is 0 Å². The topological polar surface area (TPSA) is 64.4 Å². The highest BCUT2D eigenvalue weighted by atomic mass is 16.5. The van der Waals surface area contributed by atoms with E-state index in [2.05, 4.69) is 5.32 Å². The van der Waals surface area contributed by atoms with Crippen LogP contribution in [0.1, 0.15) is 38.5 Å². The number of nitrogens with two attached hydrogens (primary N) is 1. The van der Waals surface area contributed by atoms with Crippen molar-refractivity contribution in [2.24, 2.45) is 11.7 Å². The van der Waals surface area contributed by atoms with Gasteiger partial charge in [0.25, 0.3) is 0 Å². The van der Waals surface area contributed by atoms with Gasteiger partial charge in [-0.15, -0.1) is 0 Å². The van der Waals surface area contributed by atoms with E-state index in [4.69, 9.17) is 10.5 Å². The predicted molar refractivity (Wildman–Crippen MR) is 61.9 cm³/mol. The summed E-state index contributed by atoms with van der Waals surface area (Å²) in [5, 5.41) is 3.15. The summed E-state index contributed by atoms with van der Waals surface area (Å²) in [6.45, 7) is 1.46. The molecule has 3 N–H and O–H groups in total. The Morgan fingerprint density at radius 2 is 2.25 bits per heavy atom. The molecule has 0 aromatic rings. The van der Waals surface area contributed by atoms with Crippen molar-refractivity contribution in [3.63, 3.8) is 0 Å². The number of hydrogen-bond acceptors (Lipinski definition) is 3. The molecule has 4 heteroatoms. The van der Waals surface area contributed by atoms with Crippen molar-refractivity contribution < 1.29 is 9.53 Å². The number of carbonyl (C=O) groups excluding carboxylic acids is 1. The van der Waals surface area contributed by atoms with Gasteiger partial charge in [0.05, 0.1) is 6.10 Å². The van der Waals surface area contributed by atoms with Crippen LogP contribution in [0, 0.1) is 5.92 Å². The largest absolute Gasteiger partial charge is 0.378 e. The highest BCUT2D eigenvalue weighted by Gasteiger charge is 2.37. The molecule has 2 rings (SSSR count). The average Bonchev–Trinajstić information content (AvgIpc) is 2.75.